The lowest BCUT2D eigenvalue weighted by molar-refractivity contribution is -0.112. The quantitative estimate of drug-likeness (QED) is 0.394. The van der Waals surface area contributed by atoms with E-state index in [4.69, 9.17) is 4.74 Å². The first-order valence-electron chi connectivity index (χ1n) is 11.4. The molecule has 2 amide bonds. The molecule has 4 rings (SSSR count). The van der Waals surface area contributed by atoms with Crippen molar-refractivity contribution in [3.8, 4) is 0 Å². The number of rotatable bonds is 4. The molecular formula is C26H28BrN5O3. The maximum Gasteiger partial charge on any atom is 0.410 e. The van der Waals surface area contributed by atoms with E-state index in [0.29, 0.717) is 37.4 Å². The molecule has 1 saturated heterocycles. The summed E-state index contributed by atoms with van der Waals surface area (Å²) in [6, 6.07) is 13.3. The van der Waals surface area contributed by atoms with Crippen molar-refractivity contribution in [3.63, 3.8) is 0 Å². The number of piperidine rings is 1. The number of ether oxygens (including phenoxy) is 1. The van der Waals surface area contributed by atoms with Crippen LogP contribution in [0.4, 0.5) is 22.0 Å². The number of aromatic nitrogens is 2. The number of carbonyl (C=O) groups excluding carboxylic acids is 2. The Labute approximate surface area is 212 Å². The smallest absolute Gasteiger partial charge is 0.410 e. The standard InChI is InChI=1S/C26H28BrN5O3/c1-26(2,3)35-25(34)32-11-9-17(10-12-32)13-23(33)30-20-7-8-22-21(15-20)24(29-16-28-22)31-19-6-4-5-18(27)14-19/h4-8,13-16H,9-12H2,1-3H3,(H,30,33)(H,28,29,31). The molecule has 1 aliphatic rings. The minimum atomic E-state index is -0.523. The Morgan fingerprint density at radius 1 is 1.06 bits per heavy atom. The zero-order valence-electron chi connectivity index (χ0n) is 20.0. The second kappa shape index (κ2) is 10.4. The van der Waals surface area contributed by atoms with Gasteiger partial charge in [-0.15, -0.1) is 0 Å². The highest BCUT2D eigenvalue weighted by atomic mass is 79.9. The van der Waals surface area contributed by atoms with Gasteiger partial charge >= 0.3 is 6.09 Å². The third kappa shape index (κ3) is 6.79. The molecule has 0 spiro atoms. The van der Waals surface area contributed by atoms with Crippen LogP contribution < -0.4 is 10.6 Å². The van der Waals surface area contributed by atoms with Gasteiger partial charge < -0.3 is 20.3 Å². The summed E-state index contributed by atoms with van der Waals surface area (Å²) in [6.45, 7) is 6.62. The second-order valence-corrected chi connectivity index (χ2v) is 10.3. The second-order valence-electron chi connectivity index (χ2n) is 9.35. The van der Waals surface area contributed by atoms with Crippen LogP contribution in [0.15, 0.2) is 64.9 Å². The Morgan fingerprint density at radius 2 is 1.83 bits per heavy atom. The Bertz CT molecular complexity index is 1280. The van der Waals surface area contributed by atoms with E-state index in [2.05, 4.69) is 36.5 Å². The van der Waals surface area contributed by atoms with Crippen LogP contribution in [0.1, 0.15) is 33.6 Å². The van der Waals surface area contributed by atoms with Gasteiger partial charge in [0.1, 0.15) is 17.7 Å². The van der Waals surface area contributed by atoms with Crippen molar-refractivity contribution in [3.05, 3.63) is 64.9 Å². The van der Waals surface area contributed by atoms with Crippen LogP contribution in [0.2, 0.25) is 0 Å². The van der Waals surface area contributed by atoms with Gasteiger partial charge in [-0.1, -0.05) is 27.6 Å². The zero-order chi connectivity index (χ0) is 25.0. The van der Waals surface area contributed by atoms with E-state index in [1.165, 1.54) is 6.33 Å². The Morgan fingerprint density at radius 3 is 2.54 bits per heavy atom. The van der Waals surface area contributed by atoms with E-state index >= 15 is 0 Å². The topological polar surface area (TPSA) is 96.5 Å². The van der Waals surface area contributed by atoms with Crippen molar-refractivity contribution in [2.75, 3.05) is 23.7 Å². The van der Waals surface area contributed by atoms with Crippen LogP contribution in [0.3, 0.4) is 0 Å². The summed E-state index contributed by atoms with van der Waals surface area (Å²) >= 11 is 3.48. The molecule has 0 atom stereocenters. The lowest BCUT2D eigenvalue weighted by Crippen LogP contribution is -2.40. The number of fused-ring (bicyclic) bond motifs is 1. The Hall–Kier alpha value is -3.46. The summed E-state index contributed by atoms with van der Waals surface area (Å²) in [7, 11) is 0. The van der Waals surface area contributed by atoms with Crippen LogP contribution in [0, 0.1) is 0 Å². The molecule has 0 radical (unpaired) electrons. The van der Waals surface area contributed by atoms with Crippen molar-refractivity contribution in [1.29, 1.82) is 0 Å². The molecule has 182 valence electrons. The van der Waals surface area contributed by atoms with E-state index in [9.17, 15) is 9.59 Å². The van der Waals surface area contributed by atoms with Gasteiger partial charge in [-0.05, 0) is 70.0 Å². The Kier molecular flexibility index (Phi) is 7.35. The molecule has 0 bridgehead atoms. The van der Waals surface area contributed by atoms with E-state index in [1.54, 1.807) is 11.0 Å². The van der Waals surface area contributed by atoms with Crippen LogP contribution in [0.25, 0.3) is 10.9 Å². The molecule has 0 aliphatic carbocycles. The predicted octanol–water partition coefficient (Wildman–Crippen LogP) is 6.03. The van der Waals surface area contributed by atoms with E-state index in [-0.39, 0.29) is 12.0 Å². The fourth-order valence-electron chi connectivity index (χ4n) is 3.75. The summed E-state index contributed by atoms with van der Waals surface area (Å²) in [5.41, 5.74) is 2.78. The van der Waals surface area contributed by atoms with E-state index in [1.807, 2.05) is 63.2 Å². The SMILES string of the molecule is CC(C)(C)OC(=O)N1CCC(=CC(=O)Nc2ccc3ncnc(Nc4cccc(Br)c4)c3c2)CC1. The number of anilines is 3. The molecule has 3 aromatic rings. The zero-order valence-corrected chi connectivity index (χ0v) is 21.6. The molecule has 1 aliphatic heterocycles. The summed E-state index contributed by atoms with van der Waals surface area (Å²) in [5.74, 6) is 0.445. The number of hydrogen-bond donors (Lipinski definition) is 2. The minimum Gasteiger partial charge on any atom is -0.444 e. The molecule has 1 aromatic heterocycles. The molecule has 8 nitrogen and oxygen atoms in total. The maximum absolute atomic E-state index is 12.7. The average molecular weight is 538 g/mol. The first kappa shape index (κ1) is 24.7. The summed E-state index contributed by atoms with van der Waals surface area (Å²) in [4.78, 5) is 35.3. The number of halogens is 1. The normalized spacial score (nSPS) is 13.9. The van der Waals surface area contributed by atoms with Gasteiger partial charge in [0, 0.05) is 40.4 Å². The van der Waals surface area contributed by atoms with Gasteiger partial charge in [-0.3, -0.25) is 4.79 Å². The van der Waals surface area contributed by atoms with E-state index in [0.717, 1.165) is 26.6 Å². The van der Waals surface area contributed by atoms with Crippen molar-refractivity contribution in [1.82, 2.24) is 14.9 Å². The van der Waals surface area contributed by atoms with Crippen molar-refractivity contribution < 1.29 is 14.3 Å². The highest BCUT2D eigenvalue weighted by Crippen LogP contribution is 2.27. The van der Waals surface area contributed by atoms with Gasteiger partial charge in [0.05, 0.1) is 5.52 Å². The van der Waals surface area contributed by atoms with Gasteiger partial charge in [-0.2, -0.15) is 0 Å². The van der Waals surface area contributed by atoms with Gasteiger partial charge in [0.25, 0.3) is 0 Å². The van der Waals surface area contributed by atoms with Gasteiger partial charge in [0.15, 0.2) is 0 Å². The molecular weight excluding hydrogens is 510 g/mol. The lowest BCUT2D eigenvalue weighted by Gasteiger charge is -2.30. The molecule has 2 aromatic carbocycles. The van der Waals surface area contributed by atoms with Gasteiger partial charge in [-0.25, -0.2) is 14.8 Å². The minimum absolute atomic E-state index is 0.205. The number of likely N-dealkylation sites (tertiary alicyclic amines) is 1. The number of hydrogen-bond acceptors (Lipinski definition) is 6. The predicted molar refractivity (Wildman–Crippen MR) is 141 cm³/mol. The first-order valence-corrected chi connectivity index (χ1v) is 12.2. The molecule has 1 fully saturated rings. The van der Waals surface area contributed by atoms with Gasteiger partial charge in [0.2, 0.25) is 5.91 Å². The summed E-state index contributed by atoms with van der Waals surface area (Å²) < 4.78 is 6.39. The van der Waals surface area contributed by atoms with Crippen LogP contribution in [-0.2, 0) is 9.53 Å². The van der Waals surface area contributed by atoms with Crippen molar-refractivity contribution in [2.24, 2.45) is 0 Å². The summed E-state index contributed by atoms with van der Waals surface area (Å²) in [5, 5.41) is 7.04. The lowest BCUT2D eigenvalue weighted by atomic mass is 10.0. The van der Waals surface area contributed by atoms with Crippen LogP contribution in [0.5, 0.6) is 0 Å². The largest absolute Gasteiger partial charge is 0.444 e. The molecule has 0 saturated carbocycles. The number of carbonyl (C=O) groups is 2. The first-order chi connectivity index (χ1) is 16.7. The van der Waals surface area contributed by atoms with Crippen LogP contribution in [-0.4, -0.2) is 45.6 Å². The molecule has 2 heterocycles. The fraction of sp³-hybridized carbons (Fsp3) is 0.308. The molecule has 0 unspecified atom stereocenters. The third-order valence-corrected chi connectivity index (χ3v) is 5.88. The number of benzene rings is 2. The molecule has 2 N–H and O–H groups in total. The highest BCUT2D eigenvalue weighted by Gasteiger charge is 2.24. The van der Waals surface area contributed by atoms with Crippen molar-refractivity contribution in [2.45, 2.75) is 39.2 Å². The third-order valence-electron chi connectivity index (χ3n) is 5.38. The number of amides is 2. The van der Waals surface area contributed by atoms with E-state index < -0.39 is 5.60 Å². The Balaban J connectivity index is 1.42. The maximum atomic E-state index is 12.7. The average Bonchev–Trinajstić information content (AvgIpc) is 2.79. The van der Waals surface area contributed by atoms with Crippen LogP contribution >= 0.6 is 15.9 Å². The van der Waals surface area contributed by atoms with Crippen molar-refractivity contribution >= 4 is 56.0 Å². The molecule has 9 heteroatoms. The number of nitrogens with zero attached hydrogens (tertiary/aromatic N) is 3. The molecule has 35 heavy (non-hydrogen) atoms. The fourth-order valence-corrected chi connectivity index (χ4v) is 4.15. The number of nitrogens with one attached hydrogen (secondary N) is 2. The summed E-state index contributed by atoms with van der Waals surface area (Å²) in [6.07, 6.45) is 4.10. The monoisotopic (exact) mass is 537 g/mol. The highest BCUT2D eigenvalue weighted by molar-refractivity contribution is 9.10.